The molecule has 126 valence electrons. The Morgan fingerprint density at radius 2 is 2.20 bits per heavy atom. The van der Waals surface area contributed by atoms with Crippen LogP contribution >= 0.6 is 0 Å². The number of carbonyl (C=O) groups excluding carboxylic acids is 1. The van der Waals surface area contributed by atoms with Gasteiger partial charge in [0, 0.05) is 17.8 Å². The number of anilines is 1. The van der Waals surface area contributed by atoms with Crippen LogP contribution in [0.5, 0.6) is 5.75 Å². The molecule has 0 unspecified atom stereocenters. The molecule has 0 saturated carbocycles. The Morgan fingerprint density at radius 1 is 1.40 bits per heavy atom. The summed E-state index contributed by atoms with van der Waals surface area (Å²) in [4.78, 5) is 16.6. The van der Waals surface area contributed by atoms with Crippen LogP contribution in [-0.2, 0) is 4.74 Å². The number of rotatable bonds is 4. The fraction of sp³-hybridized carbons (Fsp3) is 0.167. The van der Waals surface area contributed by atoms with Gasteiger partial charge in [-0.15, -0.1) is 0 Å². The van der Waals surface area contributed by atoms with Gasteiger partial charge in [-0.05, 0) is 31.2 Å². The van der Waals surface area contributed by atoms with Crippen molar-refractivity contribution in [2.45, 2.75) is 6.92 Å². The van der Waals surface area contributed by atoms with Gasteiger partial charge in [0.05, 0.1) is 30.7 Å². The fourth-order valence-electron chi connectivity index (χ4n) is 2.72. The Hall–Kier alpha value is -3.53. The molecule has 0 radical (unpaired) electrons. The summed E-state index contributed by atoms with van der Waals surface area (Å²) >= 11 is 0. The van der Waals surface area contributed by atoms with Gasteiger partial charge in [0.2, 0.25) is 0 Å². The Kier molecular flexibility index (Phi) is 4.27. The first-order valence-corrected chi connectivity index (χ1v) is 7.62. The van der Waals surface area contributed by atoms with E-state index in [9.17, 15) is 10.1 Å². The summed E-state index contributed by atoms with van der Waals surface area (Å²) in [6, 6.07) is 9.21. The first-order valence-electron chi connectivity index (χ1n) is 7.62. The number of fused-ring (bicyclic) bond motifs is 1. The molecule has 0 saturated heterocycles. The number of ether oxygens (including phenoxy) is 2. The first kappa shape index (κ1) is 16.3. The summed E-state index contributed by atoms with van der Waals surface area (Å²) in [6.45, 7) is 2.40. The highest BCUT2D eigenvalue weighted by Crippen LogP contribution is 2.32. The first-order chi connectivity index (χ1) is 12.1. The van der Waals surface area contributed by atoms with E-state index < -0.39 is 5.97 Å². The molecule has 0 aliphatic rings. The molecule has 1 aromatic carbocycles. The highest BCUT2D eigenvalue weighted by Gasteiger charge is 2.23. The van der Waals surface area contributed by atoms with Crippen molar-refractivity contribution >= 4 is 22.6 Å². The third-order valence-electron chi connectivity index (χ3n) is 3.81. The van der Waals surface area contributed by atoms with E-state index in [1.54, 1.807) is 29.0 Å². The van der Waals surface area contributed by atoms with Crippen LogP contribution in [0.1, 0.15) is 23.0 Å². The summed E-state index contributed by atoms with van der Waals surface area (Å²) in [5.74, 6) is 0.0204. The Balaban J connectivity index is 2.33. The van der Waals surface area contributed by atoms with Crippen molar-refractivity contribution in [1.82, 2.24) is 9.55 Å². The lowest BCUT2D eigenvalue weighted by Gasteiger charge is -2.13. The molecule has 0 fully saturated rings. The molecule has 2 heterocycles. The molecule has 7 heteroatoms. The second-order valence-electron chi connectivity index (χ2n) is 5.19. The van der Waals surface area contributed by atoms with Gasteiger partial charge in [-0.2, -0.15) is 5.26 Å². The normalized spacial score (nSPS) is 10.4. The average Bonchev–Trinajstić information content (AvgIpc) is 2.98. The highest BCUT2D eigenvalue weighted by atomic mass is 16.5. The van der Waals surface area contributed by atoms with Gasteiger partial charge < -0.3 is 19.8 Å². The van der Waals surface area contributed by atoms with Gasteiger partial charge in [-0.3, -0.25) is 4.98 Å². The Morgan fingerprint density at radius 3 is 2.88 bits per heavy atom. The zero-order valence-corrected chi connectivity index (χ0v) is 13.8. The van der Waals surface area contributed by atoms with E-state index >= 15 is 0 Å². The van der Waals surface area contributed by atoms with Crippen LogP contribution in [0.2, 0.25) is 0 Å². The molecule has 0 spiro atoms. The molecular weight excluding hydrogens is 320 g/mol. The number of aromatic nitrogens is 2. The van der Waals surface area contributed by atoms with Gasteiger partial charge >= 0.3 is 5.97 Å². The number of benzene rings is 1. The van der Waals surface area contributed by atoms with Crippen molar-refractivity contribution in [2.24, 2.45) is 0 Å². The standard InChI is InChI=1S/C18H16N4O3/c1-3-25-14-7-6-13(12-5-4-8-21-16(12)14)22-10-11(9-19)15(20)17(22)18(23)24-2/h4-8,10H,3,20H2,1-2H3. The molecule has 2 aromatic heterocycles. The number of nitrogens with two attached hydrogens (primary N) is 1. The summed E-state index contributed by atoms with van der Waals surface area (Å²) in [5, 5.41) is 10.0. The van der Waals surface area contributed by atoms with Gasteiger partial charge in [0.1, 0.15) is 17.3 Å². The van der Waals surface area contributed by atoms with Gasteiger partial charge in [-0.1, -0.05) is 0 Å². The quantitative estimate of drug-likeness (QED) is 0.735. The summed E-state index contributed by atoms with van der Waals surface area (Å²) in [6.07, 6.45) is 3.18. The molecular formula is C18H16N4O3. The van der Waals surface area contributed by atoms with Gasteiger partial charge in [0.15, 0.2) is 5.69 Å². The predicted molar refractivity (Wildman–Crippen MR) is 92.7 cm³/mol. The maximum Gasteiger partial charge on any atom is 0.357 e. The number of nitrogen functional groups attached to an aromatic ring is 1. The lowest BCUT2D eigenvalue weighted by Crippen LogP contribution is -2.11. The number of hydrogen-bond donors (Lipinski definition) is 1. The van der Waals surface area contributed by atoms with Crippen molar-refractivity contribution in [3.63, 3.8) is 0 Å². The predicted octanol–water partition coefficient (Wildman–Crippen LogP) is 2.66. The lowest BCUT2D eigenvalue weighted by molar-refractivity contribution is 0.0593. The zero-order valence-electron chi connectivity index (χ0n) is 13.8. The van der Waals surface area contributed by atoms with E-state index in [2.05, 4.69) is 4.98 Å². The maximum absolute atomic E-state index is 12.2. The van der Waals surface area contributed by atoms with Crippen molar-refractivity contribution < 1.29 is 14.3 Å². The van der Waals surface area contributed by atoms with Crippen LogP contribution < -0.4 is 10.5 Å². The molecule has 7 nitrogen and oxygen atoms in total. The molecule has 3 rings (SSSR count). The second kappa shape index (κ2) is 6.53. The molecule has 25 heavy (non-hydrogen) atoms. The van der Waals surface area contributed by atoms with E-state index in [-0.39, 0.29) is 16.9 Å². The van der Waals surface area contributed by atoms with Crippen LogP contribution in [-0.4, -0.2) is 29.2 Å². The Labute approximate surface area is 144 Å². The minimum atomic E-state index is -0.620. The maximum atomic E-state index is 12.2. The van der Waals surface area contributed by atoms with Crippen molar-refractivity contribution in [2.75, 3.05) is 19.5 Å². The number of nitrogens with zero attached hydrogens (tertiary/aromatic N) is 3. The molecule has 0 bridgehead atoms. The van der Waals surface area contributed by atoms with E-state index in [1.807, 2.05) is 19.1 Å². The molecule has 0 aliphatic carbocycles. The monoisotopic (exact) mass is 336 g/mol. The largest absolute Gasteiger partial charge is 0.492 e. The van der Waals surface area contributed by atoms with Crippen LogP contribution in [0, 0.1) is 11.3 Å². The van der Waals surface area contributed by atoms with E-state index in [0.717, 1.165) is 5.39 Å². The highest BCUT2D eigenvalue weighted by molar-refractivity contribution is 5.98. The third-order valence-corrected chi connectivity index (χ3v) is 3.81. The van der Waals surface area contributed by atoms with Crippen molar-refractivity contribution in [1.29, 1.82) is 5.26 Å². The number of methoxy groups -OCH3 is 1. The zero-order chi connectivity index (χ0) is 18.0. The van der Waals surface area contributed by atoms with Gasteiger partial charge in [0.25, 0.3) is 0 Å². The number of pyridine rings is 1. The smallest absolute Gasteiger partial charge is 0.357 e. The second-order valence-corrected chi connectivity index (χ2v) is 5.19. The third kappa shape index (κ3) is 2.64. The van der Waals surface area contributed by atoms with E-state index in [1.165, 1.54) is 13.3 Å². The van der Waals surface area contributed by atoms with Crippen LogP contribution in [0.4, 0.5) is 5.69 Å². The minimum Gasteiger partial charge on any atom is -0.492 e. The van der Waals surface area contributed by atoms with E-state index in [4.69, 9.17) is 15.2 Å². The topological polar surface area (TPSA) is 103 Å². The molecule has 0 atom stereocenters. The van der Waals surface area contributed by atoms with Crippen molar-refractivity contribution in [3.05, 3.63) is 47.9 Å². The number of carbonyl (C=O) groups is 1. The molecule has 2 N–H and O–H groups in total. The fourth-order valence-corrected chi connectivity index (χ4v) is 2.72. The van der Waals surface area contributed by atoms with Crippen LogP contribution in [0.25, 0.3) is 16.6 Å². The number of esters is 1. The lowest BCUT2D eigenvalue weighted by atomic mass is 10.1. The van der Waals surface area contributed by atoms with Crippen LogP contribution in [0.3, 0.4) is 0 Å². The summed E-state index contributed by atoms with van der Waals surface area (Å²) in [7, 11) is 1.27. The van der Waals surface area contributed by atoms with Crippen LogP contribution in [0.15, 0.2) is 36.7 Å². The molecule has 3 aromatic rings. The van der Waals surface area contributed by atoms with Gasteiger partial charge in [-0.25, -0.2) is 4.79 Å². The number of hydrogen-bond acceptors (Lipinski definition) is 6. The summed E-state index contributed by atoms with van der Waals surface area (Å²) in [5.41, 5.74) is 7.66. The number of nitriles is 1. The van der Waals surface area contributed by atoms with E-state index in [0.29, 0.717) is 23.6 Å². The molecule has 0 amide bonds. The van der Waals surface area contributed by atoms with Crippen molar-refractivity contribution in [3.8, 4) is 17.5 Å². The summed E-state index contributed by atoms with van der Waals surface area (Å²) < 4.78 is 12.0. The minimum absolute atomic E-state index is 0.0836. The SMILES string of the molecule is CCOc1ccc(-n2cc(C#N)c(N)c2C(=O)OC)c2cccnc12. The average molecular weight is 336 g/mol. The Bertz CT molecular complexity index is 1000. The molecule has 0 aliphatic heterocycles.